The Morgan fingerprint density at radius 3 is 2.67 bits per heavy atom. The molecule has 1 rings (SSSR count). The lowest BCUT2D eigenvalue weighted by Crippen LogP contribution is -2.37. The minimum Gasteiger partial charge on any atom is -0.467 e. The maximum Gasteiger partial charge on any atom is 0.123 e. The topological polar surface area (TPSA) is 34.4 Å². The first kappa shape index (κ1) is 12.3. The third-order valence-corrected chi connectivity index (χ3v) is 2.68. The van der Waals surface area contributed by atoms with Crippen LogP contribution in [0.25, 0.3) is 0 Å². The molecular weight excluding hydrogens is 190 g/mol. The summed E-state index contributed by atoms with van der Waals surface area (Å²) >= 11 is 0. The SMILES string of the molecule is COC(C)(C)CNC(C)c1occc1C. The average molecular weight is 211 g/mol. The second-order valence-corrected chi connectivity index (χ2v) is 4.53. The van der Waals surface area contributed by atoms with Gasteiger partial charge in [0.15, 0.2) is 0 Å². The summed E-state index contributed by atoms with van der Waals surface area (Å²) in [7, 11) is 1.73. The first-order valence-corrected chi connectivity index (χ1v) is 5.29. The summed E-state index contributed by atoms with van der Waals surface area (Å²) in [4.78, 5) is 0. The van der Waals surface area contributed by atoms with Gasteiger partial charge in [-0.3, -0.25) is 0 Å². The number of hydrogen-bond acceptors (Lipinski definition) is 3. The highest BCUT2D eigenvalue weighted by atomic mass is 16.5. The molecule has 15 heavy (non-hydrogen) atoms. The van der Waals surface area contributed by atoms with Gasteiger partial charge in [-0.05, 0) is 39.3 Å². The Kier molecular flexibility index (Phi) is 3.94. The fourth-order valence-electron chi connectivity index (χ4n) is 1.39. The van der Waals surface area contributed by atoms with Crippen LogP contribution in [0.15, 0.2) is 16.7 Å². The van der Waals surface area contributed by atoms with E-state index in [4.69, 9.17) is 9.15 Å². The van der Waals surface area contributed by atoms with Gasteiger partial charge in [0, 0.05) is 13.7 Å². The standard InChI is InChI=1S/C12H21NO2/c1-9-6-7-15-11(9)10(2)13-8-12(3,4)14-5/h6-7,10,13H,8H2,1-5H3. The Balaban J connectivity index is 2.50. The molecule has 86 valence electrons. The monoisotopic (exact) mass is 211 g/mol. The van der Waals surface area contributed by atoms with Gasteiger partial charge in [0.1, 0.15) is 5.76 Å². The van der Waals surface area contributed by atoms with Crippen LogP contribution in [-0.4, -0.2) is 19.3 Å². The van der Waals surface area contributed by atoms with Crippen molar-refractivity contribution in [2.24, 2.45) is 0 Å². The molecule has 0 fully saturated rings. The second kappa shape index (κ2) is 4.81. The van der Waals surface area contributed by atoms with E-state index in [1.807, 2.05) is 6.07 Å². The van der Waals surface area contributed by atoms with E-state index >= 15 is 0 Å². The van der Waals surface area contributed by atoms with Crippen LogP contribution in [-0.2, 0) is 4.74 Å². The molecule has 1 aromatic rings. The number of furan rings is 1. The Hall–Kier alpha value is -0.800. The highest BCUT2D eigenvalue weighted by Crippen LogP contribution is 2.18. The average Bonchev–Trinajstić information content (AvgIpc) is 2.61. The molecule has 1 atom stereocenters. The van der Waals surface area contributed by atoms with Gasteiger partial charge in [0.05, 0.1) is 17.9 Å². The van der Waals surface area contributed by atoms with Gasteiger partial charge in [-0.15, -0.1) is 0 Å². The van der Waals surface area contributed by atoms with Gasteiger partial charge in [-0.1, -0.05) is 0 Å². The number of methoxy groups -OCH3 is 1. The molecule has 1 heterocycles. The fourth-order valence-corrected chi connectivity index (χ4v) is 1.39. The quantitative estimate of drug-likeness (QED) is 0.813. The molecule has 1 unspecified atom stereocenters. The van der Waals surface area contributed by atoms with Crippen LogP contribution in [0.4, 0.5) is 0 Å². The molecule has 0 saturated carbocycles. The number of nitrogens with one attached hydrogen (secondary N) is 1. The van der Waals surface area contributed by atoms with Crippen molar-refractivity contribution in [2.75, 3.05) is 13.7 Å². The number of aryl methyl sites for hydroxylation is 1. The molecule has 0 amide bonds. The predicted octanol–water partition coefficient (Wildman–Crippen LogP) is 2.66. The van der Waals surface area contributed by atoms with Crippen molar-refractivity contribution in [1.29, 1.82) is 0 Å². The predicted molar refractivity (Wildman–Crippen MR) is 61.0 cm³/mol. The molecule has 0 radical (unpaired) electrons. The van der Waals surface area contributed by atoms with Crippen LogP contribution in [0.1, 0.15) is 38.1 Å². The van der Waals surface area contributed by atoms with E-state index in [0.717, 1.165) is 12.3 Å². The molecule has 0 aliphatic heterocycles. The van der Waals surface area contributed by atoms with Gasteiger partial charge >= 0.3 is 0 Å². The van der Waals surface area contributed by atoms with Crippen molar-refractivity contribution >= 4 is 0 Å². The lowest BCUT2D eigenvalue weighted by Gasteiger charge is -2.25. The first-order valence-electron chi connectivity index (χ1n) is 5.29. The smallest absolute Gasteiger partial charge is 0.123 e. The largest absolute Gasteiger partial charge is 0.467 e. The first-order chi connectivity index (χ1) is 6.96. The minimum absolute atomic E-state index is 0.144. The zero-order chi connectivity index (χ0) is 11.5. The van der Waals surface area contributed by atoms with E-state index in [2.05, 4.69) is 33.0 Å². The van der Waals surface area contributed by atoms with Crippen LogP contribution >= 0.6 is 0 Å². The summed E-state index contributed by atoms with van der Waals surface area (Å²) in [5, 5.41) is 3.40. The highest BCUT2D eigenvalue weighted by Gasteiger charge is 2.19. The lowest BCUT2D eigenvalue weighted by atomic mass is 10.1. The van der Waals surface area contributed by atoms with Gasteiger partial charge in [-0.2, -0.15) is 0 Å². The zero-order valence-electron chi connectivity index (χ0n) is 10.3. The molecule has 0 saturated heterocycles. The van der Waals surface area contributed by atoms with Crippen LogP contribution in [0.2, 0.25) is 0 Å². The Morgan fingerprint density at radius 1 is 1.53 bits per heavy atom. The molecule has 1 N–H and O–H groups in total. The molecule has 0 aliphatic rings. The zero-order valence-corrected chi connectivity index (χ0v) is 10.3. The summed E-state index contributed by atoms with van der Waals surface area (Å²) in [6.07, 6.45) is 1.73. The summed E-state index contributed by atoms with van der Waals surface area (Å²) in [6, 6.07) is 2.20. The maximum atomic E-state index is 5.42. The van der Waals surface area contributed by atoms with Gasteiger partial charge in [0.2, 0.25) is 0 Å². The van der Waals surface area contributed by atoms with Crippen molar-refractivity contribution < 1.29 is 9.15 Å². The fraction of sp³-hybridized carbons (Fsp3) is 0.667. The Labute approximate surface area is 91.8 Å². The van der Waals surface area contributed by atoms with E-state index in [-0.39, 0.29) is 11.6 Å². The van der Waals surface area contributed by atoms with Crippen LogP contribution in [0, 0.1) is 6.92 Å². The molecule has 3 nitrogen and oxygen atoms in total. The maximum absolute atomic E-state index is 5.42. The third-order valence-electron chi connectivity index (χ3n) is 2.68. The van der Waals surface area contributed by atoms with E-state index < -0.39 is 0 Å². The summed E-state index contributed by atoms with van der Waals surface area (Å²) in [5.74, 6) is 1.00. The minimum atomic E-state index is -0.144. The van der Waals surface area contributed by atoms with E-state index in [9.17, 15) is 0 Å². The van der Waals surface area contributed by atoms with E-state index in [1.54, 1.807) is 13.4 Å². The van der Waals surface area contributed by atoms with E-state index in [0.29, 0.717) is 0 Å². The molecule has 0 aliphatic carbocycles. The van der Waals surface area contributed by atoms with Crippen molar-refractivity contribution in [2.45, 2.75) is 39.3 Å². The van der Waals surface area contributed by atoms with Gasteiger partial charge in [0.25, 0.3) is 0 Å². The third kappa shape index (κ3) is 3.36. The summed E-state index contributed by atoms with van der Waals surface area (Å²) in [5.41, 5.74) is 1.04. The molecule has 0 bridgehead atoms. The Bertz CT molecular complexity index is 304. The number of rotatable bonds is 5. The Morgan fingerprint density at radius 2 is 2.20 bits per heavy atom. The van der Waals surface area contributed by atoms with Crippen molar-refractivity contribution in [1.82, 2.24) is 5.32 Å². The summed E-state index contributed by atoms with van der Waals surface area (Å²) < 4.78 is 10.8. The van der Waals surface area contributed by atoms with Crippen LogP contribution in [0.5, 0.6) is 0 Å². The van der Waals surface area contributed by atoms with Crippen LogP contribution in [0.3, 0.4) is 0 Å². The highest BCUT2D eigenvalue weighted by molar-refractivity contribution is 5.17. The van der Waals surface area contributed by atoms with Crippen molar-refractivity contribution in [3.05, 3.63) is 23.7 Å². The van der Waals surface area contributed by atoms with Crippen molar-refractivity contribution in [3.63, 3.8) is 0 Å². The van der Waals surface area contributed by atoms with E-state index in [1.165, 1.54) is 5.56 Å². The lowest BCUT2D eigenvalue weighted by molar-refractivity contribution is 0.0209. The normalized spacial score (nSPS) is 14.2. The van der Waals surface area contributed by atoms with Crippen LogP contribution < -0.4 is 5.32 Å². The molecule has 0 spiro atoms. The summed E-state index contributed by atoms with van der Waals surface area (Å²) in [6.45, 7) is 9.06. The number of ether oxygens (including phenoxy) is 1. The molecule has 1 aromatic heterocycles. The van der Waals surface area contributed by atoms with Gasteiger partial charge in [-0.25, -0.2) is 0 Å². The number of hydrogen-bond donors (Lipinski definition) is 1. The molecule has 3 heteroatoms. The second-order valence-electron chi connectivity index (χ2n) is 4.53. The molecular formula is C12H21NO2. The van der Waals surface area contributed by atoms with Crippen molar-refractivity contribution in [3.8, 4) is 0 Å². The molecule has 0 aromatic carbocycles. The van der Waals surface area contributed by atoms with Gasteiger partial charge < -0.3 is 14.5 Å².